The second kappa shape index (κ2) is 5.17. The van der Waals surface area contributed by atoms with Gasteiger partial charge in [0.1, 0.15) is 11.9 Å². The number of ether oxygens (including phenoxy) is 1. The highest BCUT2D eigenvalue weighted by atomic mass is 35.5. The minimum Gasteiger partial charge on any atom is -0.493 e. The number of allylic oxidation sites excluding steroid dienone is 2. The van der Waals surface area contributed by atoms with Crippen LogP contribution in [0.25, 0.3) is 0 Å². The average Bonchev–Trinajstić information content (AvgIpc) is 2.78. The number of hydrogen-bond donors (Lipinski definition) is 0. The Morgan fingerprint density at radius 3 is 2.81 bits per heavy atom. The highest BCUT2D eigenvalue weighted by molar-refractivity contribution is 6.18. The van der Waals surface area contributed by atoms with Crippen LogP contribution in [-0.4, -0.2) is 17.8 Å². The first-order valence-electron chi connectivity index (χ1n) is 5.32. The lowest BCUT2D eigenvalue weighted by molar-refractivity contribution is 0.103. The molecule has 0 unspecified atom stereocenters. The van der Waals surface area contributed by atoms with Crippen LogP contribution in [-0.2, 0) is 4.74 Å². The van der Waals surface area contributed by atoms with Crippen LogP contribution in [0, 0.1) is 0 Å². The molecule has 1 saturated heterocycles. The van der Waals surface area contributed by atoms with Crippen molar-refractivity contribution in [2.75, 3.05) is 5.88 Å². The Hall–Kier alpha value is -1.28. The summed E-state index contributed by atoms with van der Waals surface area (Å²) in [6, 6.07) is 9.19. The van der Waals surface area contributed by atoms with Crippen molar-refractivity contribution in [2.45, 2.75) is 18.9 Å². The second-order valence-corrected chi connectivity index (χ2v) is 4.08. The van der Waals surface area contributed by atoms with E-state index in [2.05, 4.69) is 0 Å². The standard InChI is InChI=1S/C13H13ClO2/c14-9-12-7-6-11(16-12)8-13(15)10-4-2-1-3-5-10/h1-5,8,12H,6-7,9H2/b11-8+/t12-/m1/s1. The SMILES string of the molecule is O=C(/C=C1\CC[C@H](CCl)O1)c1ccccc1. The monoisotopic (exact) mass is 236 g/mol. The number of carbonyl (C=O) groups is 1. The van der Waals surface area contributed by atoms with Crippen LogP contribution >= 0.6 is 11.6 Å². The van der Waals surface area contributed by atoms with Crippen molar-refractivity contribution in [1.29, 1.82) is 0 Å². The first-order valence-corrected chi connectivity index (χ1v) is 5.85. The van der Waals surface area contributed by atoms with Gasteiger partial charge < -0.3 is 4.74 Å². The van der Waals surface area contributed by atoms with E-state index in [1.807, 2.05) is 18.2 Å². The number of alkyl halides is 1. The van der Waals surface area contributed by atoms with Crippen LogP contribution in [0.15, 0.2) is 42.2 Å². The van der Waals surface area contributed by atoms with Gasteiger partial charge >= 0.3 is 0 Å². The lowest BCUT2D eigenvalue weighted by Gasteiger charge is -2.05. The summed E-state index contributed by atoms with van der Waals surface area (Å²) in [7, 11) is 0. The van der Waals surface area contributed by atoms with E-state index in [9.17, 15) is 4.79 Å². The van der Waals surface area contributed by atoms with E-state index < -0.39 is 0 Å². The summed E-state index contributed by atoms with van der Waals surface area (Å²) in [5, 5.41) is 0. The molecule has 1 aliphatic rings. The zero-order valence-corrected chi connectivity index (χ0v) is 9.61. The van der Waals surface area contributed by atoms with Crippen molar-refractivity contribution in [1.82, 2.24) is 0 Å². The molecule has 1 atom stereocenters. The number of ketones is 1. The summed E-state index contributed by atoms with van der Waals surface area (Å²) < 4.78 is 5.51. The molecule has 16 heavy (non-hydrogen) atoms. The first kappa shape index (κ1) is 11.2. The Balaban J connectivity index is 2.05. The van der Waals surface area contributed by atoms with E-state index in [1.54, 1.807) is 18.2 Å². The van der Waals surface area contributed by atoms with Gasteiger partial charge in [-0.1, -0.05) is 30.3 Å². The molecule has 0 N–H and O–H groups in total. The van der Waals surface area contributed by atoms with Crippen LogP contribution in [0.1, 0.15) is 23.2 Å². The summed E-state index contributed by atoms with van der Waals surface area (Å²) in [5.41, 5.74) is 0.688. The maximum absolute atomic E-state index is 11.8. The number of carbonyl (C=O) groups excluding carboxylic acids is 1. The third-order valence-corrected chi connectivity index (χ3v) is 2.90. The van der Waals surface area contributed by atoms with E-state index in [0.717, 1.165) is 18.6 Å². The molecule has 1 heterocycles. The molecule has 0 amide bonds. The smallest absolute Gasteiger partial charge is 0.189 e. The Morgan fingerprint density at radius 1 is 1.44 bits per heavy atom. The van der Waals surface area contributed by atoms with Gasteiger partial charge in [-0.25, -0.2) is 0 Å². The fraction of sp³-hybridized carbons (Fsp3) is 0.308. The molecule has 2 rings (SSSR count). The minimum absolute atomic E-state index is 0.00850. The minimum atomic E-state index is -0.00850. The molecule has 3 heteroatoms. The van der Waals surface area contributed by atoms with Gasteiger partial charge in [-0.15, -0.1) is 11.6 Å². The van der Waals surface area contributed by atoms with Crippen molar-refractivity contribution < 1.29 is 9.53 Å². The van der Waals surface area contributed by atoms with Gasteiger partial charge in [0, 0.05) is 18.1 Å². The number of halogens is 1. The van der Waals surface area contributed by atoms with Gasteiger partial charge in [-0.3, -0.25) is 4.79 Å². The summed E-state index contributed by atoms with van der Waals surface area (Å²) in [6.07, 6.45) is 3.34. The predicted octanol–water partition coefficient (Wildman–Crippen LogP) is 3.17. The van der Waals surface area contributed by atoms with Crippen molar-refractivity contribution in [2.24, 2.45) is 0 Å². The molecule has 1 fully saturated rings. The van der Waals surface area contributed by atoms with Crippen LogP contribution in [0.4, 0.5) is 0 Å². The van der Waals surface area contributed by atoms with E-state index in [0.29, 0.717) is 11.4 Å². The van der Waals surface area contributed by atoms with Gasteiger partial charge in [-0.2, -0.15) is 0 Å². The molecule has 1 aromatic carbocycles. The lowest BCUT2D eigenvalue weighted by Crippen LogP contribution is -2.05. The van der Waals surface area contributed by atoms with Crippen molar-refractivity contribution >= 4 is 17.4 Å². The van der Waals surface area contributed by atoms with Crippen molar-refractivity contribution in [3.63, 3.8) is 0 Å². The number of benzene rings is 1. The van der Waals surface area contributed by atoms with E-state index >= 15 is 0 Å². The zero-order chi connectivity index (χ0) is 11.4. The largest absolute Gasteiger partial charge is 0.493 e. The van der Waals surface area contributed by atoms with E-state index in [4.69, 9.17) is 16.3 Å². The highest BCUT2D eigenvalue weighted by Gasteiger charge is 2.20. The Morgan fingerprint density at radius 2 is 2.19 bits per heavy atom. The third kappa shape index (κ3) is 2.64. The summed E-state index contributed by atoms with van der Waals surface area (Å²) >= 11 is 5.69. The van der Waals surface area contributed by atoms with Crippen LogP contribution in [0.5, 0.6) is 0 Å². The Labute approximate surface area is 99.9 Å². The molecule has 1 aromatic rings. The third-order valence-electron chi connectivity index (χ3n) is 2.55. The maximum atomic E-state index is 11.8. The molecule has 84 valence electrons. The van der Waals surface area contributed by atoms with Gasteiger partial charge in [0.05, 0.1) is 5.88 Å². The molecule has 0 spiro atoms. The van der Waals surface area contributed by atoms with Crippen LogP contribution in [0.2, 0.25) is 0 Å². The molecular formula is C13H13ClO2. The maximum Gasteiger partial charge on any atom is 0.189 e. The lowest BCUT2D eigenvalue weighted by atomic mass is 10.1. The number of hydrogen-bond acceptors (Lipinski definition) is 2. The van der Waals surface area contributed by atoms with E-state index in [-0.39, 0.29) is 11.9 Å². The average molecular weight is 237 g/mol. The summed E-state index contributed by atoms with van der Waals surface area (Å²) in [5.74, 6) is 1.22. The van der Waals surface area contributed by atoms with E-state index in [1.165, 1.54) is 0 Å². The zero-order valence-electron chi connectivity index (χ0n) is 8.86. The number of rotatable bonds is 3. The molecule has 0 aliphatic carbocycles. The molecule has 0 radical (unpaired) electrons. The van der Waals surface area contributed by atoms with Crippen LogP contribution < -0.4 is 0 Å². The molecular weight excluding hydrogens is 224 g/mol. The molecule has 0 bridgehead atoms. The van der Waals surface area contributed by atoms with Crippen LogP contribution in [0.3, 0.4) is 0 Å². The quantitative estimate of drug-likeness (QED) is 0.458. The fourth-order valence-electron chi connectivity index (χ4n) is 1.68. The van der Waals surface area contributed by atoms with Gasteiger partial charge in [0.25, 0.3) is 0 Å². The Bertz CT molecular complexity index is 398. The normalized spacial score (nSPS) is 22.1. The molecule has 2 nitrogen and oxygen atoms in total. The summed E-state index contributed by atoms with van der Waals surface area (Å²) in [6.45, 7) is 0. The predicted molar refractivity (Wildman–Crippen MR) is 63.7 cm³/mol. The Kier molecular flexibility index (Phi) is 3.62. The van der Waals surface area contributed by atoms with Gasteiger partial charge in [0.2, 0.25) is 0 Å². The van der Waals surface area contributed by atoms with Gasteiger partial charge in [-0.05, 0) is 6.42 Å². The van der Waals surface area contributed by atoms with Gasteiger partial charge in [0.15, 0.2) is 5.78 Å². The van der Waals surface area contributed by atoms with Crippen molar-refractivity contribution in [3.05, 3.63) is 47.7 Å². The molecule has 0 saturated carbocycles. The summed E-state index contributed by atoms with van der Waals surface area (Å²) in [4.78, 5) is 11.8. The molecule has 0 aromatic heterocycles. The topological polar surface area (TPSA) is 26.3 Å². The van der Waals surface area contributed by atoms with Crippen molar-refractivity contribution in [3.8, 4) is 0 Å². The highest BCUT2D eigenvalue weighted by Crippen LogP contribution is 2.24. The first-order chi connectivity index (χ1) is 7.79. The molecule has 1 aliphatic heterocycles. The fourth-order valence-corrected chi connectivity index (χ4v) is 1.90. The second-order valence-electron chi connectivity index (χ2n) is 3.77.